The molecular formula is C22H33N5O2. The van der Waals surface area contributed by atoms with E-state index in [9.17, 15) is 0 Å². The predicted octanol–water partition coefficient (Wildman–Crippen LogP) is 3.21. The number of ether oxygens (including phenoxy) is 2. The third-order valence-electron chi connectivity index (χ3n) is 5.33. The number of hydrogen-bond donors (Lipinski definition) is 1. The number of benzene rings is 1. The van der Waals surface area contributed by atoms with E-state index in [0.29, 0.717) is 18.6 Å². The van der Waals surface area contributed by atoms with E-state index >= 15 is 0 Å². The average Bonchev–Trinajstić information content (AvgIpc) is 3.28. The Bertz CT molecular complexity index is 762. The number of guanidine groups is 1. The fourth-order valence-corrected chi connectivity index (χ4v) is 3.65. The molecule has 0 radical (unpaired) electrons. The van der Waals surface area contributed by atoms with Gasteiger partial charge in [-0.15, -0.1) is 0 Å². The van der Waals surface area contributed by atoms with Crippen LogP contribution >= 0.6 is 0 Å². The van der Waals surface area contributed by atoms with Gasteiger partial charge in [0.15, 0.2) is 5.96 Å². The van der Waals surface area contributed by atoms with Crippen molar-refractivity contribution in [1.29, 1.82) is 0 Å². The summed E-state index contributed by atoms with van der Waals surface area (Å²) in [6.45, 7) is 8.63. The van der Waals surface area contributed by atoms with Crippen LogP contribution in [0.2, 0.25) is 0 Å². The van der Waals surface area contributed by atoms with Crippen molar-refractivity contribution in [3.63, 3.8) is 0 Å². The lowest BCUT2D eigenvalue weighted by molar-refractivity contribution is 0.189. The lowest BCUT2D eigenvalue weighted by Gasteiger charge is -2.39. The summed E-state index contributed by atoms with van der Waals surface area (Å²) in [5.74, 6) is 3.25. The van der Waals surface area contributed by atoms with Gasteiger partial charge in [-0.25, -0.2) is 4.98 Å². The topological polar surface area (TPSA) is 63.9 Å². The van der Waals surface area contributed by atoms with Gasteiger partial charge < -0.3 is 24.3 Å². The lowest BCUT2D eigenvalue weighted by atomic mass is 9.93. The molecule has 0 saturated carbocycles. The maximum atomic E-state index is 5.82. The zero-order valence-electron chi connectivity index (χ0n) is 17.8. The fourth-order valence-electron chi connectivity index (χ4n) is 3.65. The SMILES string of the molecule is CCNC(=NCCCOc1cccc(OC)c1)N1CCC(C)C(n2ccnc2)C1. The second-order valence-electron chi connectivity index (χ2n) is 7.41. The van der Waals surface area contributed by atoms with Crippen molar-refractivity contribution in [3.8, 4) is 11.5 Å². The molecule has 2 heterocycles. The maximum Gasteiger partial charge on any atom is 0.193 e. The summed E-state index contributed by atoms with van der Waals surface area (Å²) in [5.41, 5.74) is 0. The van der Waals surface area contributed by atoms with Gasteiger partial charge in [-0.05, 0) is 31.4 Å². The number of aliphatic imine (C=N–C) groups is 1. The summed E-state index contributed by atoms with van der Waals surface area (Å²) in [6.07, 6.45) is 7.84. The van der Waals surface area contributed by atoms with Crippen LogP contribution in [0.1, 0.15) is 32.7 Å². The third kappa shape index (κ3) is 5.89. The minimum atomic E-state index is 0.423. The first-order chi connectivity index (χ1) is 14.2. The Morgan fingerprint density at radius 3 is 2.97 bits per heavy atom. The number of hydrogen-bond acceptors (Lipinski definition) is 4. The molecule has 29 heavy (non-hydrogen) atoms. The van der Waals surface area contributed by atoms with Crippen molar-refractivity contribution in [2.45, 2.75) is 32.7 Å². The van der Waals surface area contributed by atoms with Crippen LogP contribution in [-0.2, 0) is 0 Å². The number of piperidine rings is 1. The van der Waals surface area contributed by atoms with Gasteiger partial charge in [0.25, 0.3) is 0 Å². The van der Waals surface area contributed by atoms with Gasteiger partial charge in [-0.1, -0.05) is 13.0 Å². The third-order valence-corrected chi connectivity index (χ3v) is 5.33. The second-order valence-corrected chi connectivity index (χ2v) is 7.41. The van der Waals surface area contributed by atoms with E-state index in [0.717, 1.165) is 56.5 Å². The molecule has 2 aromatic rings. The molecule has 1 aliphatic heterocycles. The Morgan fingerprint density at radius 1 is 1.34 bits per heavy atom. The van der Waals surface area contributed by atoms with E-state index < -0.39 is 0 Å². The van der Waals surface area contributed by atoms with Crippen LogP contribution in [0.15, 0.2) is 48.0 Å². The maximum absolute atomic E-state index is 5.82. The van der Waals surface area contributed by atoms with Crippen LogP contribution in [0.3, 0.4) is 0 Å². The fraction of sp³-hybridized carbons (Fsp3) is 0.545. The molecule has 1 saturated heterocycles. The Morgan fingerprint density at radius 2 is 2.21 bits per heavy atom. The van der Waals surface area contributed by atoms with Crippen LogP contribution < -0.4 is 14.8 Å². The van der Waals surface area contributed by atoms with Gasteiger partial charge >= 0.3 is 0 Å². The van der Waals surface area contributed by atoms with Crippen molar-refractivity contribution >= 4 is 5.96 Å². The number of imidazole rings is 1. The molecule has 0 bridgehead atoms. The number of aromatic nitrogens is 2. The van der Waals surface area contributed by atoms with Crippen LogP contribution in [-0.4, -0.2) is 60.3 Å². The zero-order chi connectivity index (χ0) is 20.5. The summed E-state index contributed by atoms with van der Waals surface area (Å²) < 4.78 is 13.3. The van der Waals surface area contributed by atoms with Crippen molar-refractivity contribution in [2.24, 2.45) is 10.9 Å². The molecule has 2 unspecified atom stereocenters. The molecule has 7 heteroatoms. The number of nitrogens with zero attached hydrogens (tertiary/aromatic N) is 4. The number of methoxy groups -OCH3 is 1. The quantitative estimate of drug-likeness (QED) is 0.420. The van der Waals surface area contributed by atoms with Crippen molar-refractivity contribution in [2.75, 3.05) is 39.9 Å². The zero-order valence-corrected chi connectivity index (χ0v) is 17.8. The highest BCUT2D eigenvalue weighted by atomic mass is 16.5. The van der Waals surface area contributed by atoms with Crippen LogP contribution in [0.4, 0.5) is 0 Å². The van der Waals surface area contributed by atoms with E-state index in [1.54, 1.807) is 7.11 Å². The highest BCUT2D eigenvalue weighted by molar-refractivity contribution is 5.80. The first-order valence-corrected chi connectivity index (χ1v) is 10.5. The van der Waals surface area contributed by atoms with Gasteiger partial charge in [0.2, 0.25) is 0 Å². The number of likely N-dealkylation sites (tertiary alicyclic amines) is 1. The van der Waals surface area contributed by atoms with Crippen LogP contribution in [0.25, 0.3) is 0 Å². The second kappa shape index (κ2) is 10.7. The average molecular weight is 400 g/mol. The molecule has 0 aliphatic carbocycles. The van der Waals surface area contributed by atoms with Crippen molar-refractivity contribution < 1.29 is 9.47 Å². The minimum absolute atomic E-state index is 0.423. The summed E-state index contributed by atoms with van der Waals surface area (Å²) in [4.78, 5) is 11.4. The number of nitrogens with one attached hydrogen (secondary N) is 1. The van der Waals surface area contributed by atoms with Crippen molar-refractivity contribution in [3.05, 3.63) is 43.0 Å². The van der Waals surface area contributed by atoms with Gasteiger partial charge in [0.05, 0.1) is 26.1 Å². The lowest BCUT2D eigenvalue weighted by Crippen LogP contribution is -2.49. The molecule has 1 N–H and O–H groups in total. The molecule has 0 spiro atoms. The van der Waals surface area contributed by atoms with E-state index in [1.807, 2.05) is 36.8 Å². The monoisotopic (exact) mass is 399 g/mol. The molecule has 1 fully saturated rings. The van der Waals surface area contributed by atoms with E-state index in [2.05, 4.69) is 39.8 Å². The Labute approximate surface area is 173 Å². The van der Waals surface area contributed by atoms with E-state index in [1.165, 1.54) is 0 Å². The normalized spacial score (nSPS) is 19.8. The Kier molecular flexibility index (Phi) is 7.78. The van der Waals surface area contributed by atoms with E-state index in [4.69, 9.17) is 14.5 Å². The molecular weight excluding hydrogens is 366 g/mol. The summed E-state index contributed by atoms with van der Waals surface area (Å²) in [6, 6.07) is 8.12. The largest absolute Gasteiger partial charge is 0.497 e. The molecule has 158 valence electrons. The standard InChI is InChI=1S/C22H33N5O2/c1-4-24-22(25-10-6-14-29-20-8-5-7-19(15-20)28-3)26-12-9-18(2)21(16-26)27-13-11-23-17-27/h5,7-8,11,13,15,17-18,21H,4,6,9-10,12,14,16H2,1-3H3,(H,24,25). The first-order valence-electron chi connectivity index (χ1n) is 10.5. The minimum Gasteiger partial charge on any atom is -0.497 e. The Balaban J connectivity index is 1.52. The Hall–Kier alpha value is -2.70. The van der Waals surface area contributed by atoms with Crippen molar-refractivity contribution in [1.82, 2.24) is 19.8 Å². The first kappa shape index (κ1) is 21.0. The van der Waals surface area contributed by atoms with Gasteiger partial charge in [-0.2, -0.15) is 0 Å². The number of rotatable bonds is 8. The van der Waals surface area contributed by atoms with Crippen LogP contribution in [0.5, 0.6) is 11.5 Å². The van der Waals surface area contributed by atoms with E-state index in [-0.39, 0.29) is 0 Å². The van der Waals surface area contributed by atoms with Gasteiger partial charge in [0, 0.05) is 51.1 Å². The molecule has 0 amide bonds. The molecule has 2 atom stereocenters. The summed E-state index contributed by atoms with van der Waals surface area (Å²) in [5, 5.41) is 3.45. The smallest absolute Gasteiger partial charge is 0.193 e. The molecule has 1 aromatic carbocycles. The van der Waals surface area contributed by atoms with Crippen LogP contribution in [0, 0.1) is 5.92 Å². The highest BCUT2D eigenvalue weighted by Crippen LogP contribution is 2.27. The summed E-state index contributed by atoms with van der Waals surface area (Å²) in [7, 11) is 1.66. The van der Waals surface area contributed by atoms with Gasteiger partial charge in [0.1, 0.15) is 11.5 Å². The molecule has 7 nitrogen and oxygen atoms in total. The van der Waals surface area contributed by atoms with Gasteiger partial charge in [-0.3, -0.25) is 4.99 Å². The summed E-state index contributed by atoms with van der Waals surface area (Å²) >= 11 is 0. The molecule has 1 aliphatic rings. The highest BCUT2D eigenvalue weighted by Gasteiger charge is 2.28. The molecule has 3 rings (SSSR count). The molecule has 1 aromatic heterocycles. The predicted molar refractivity (Wildman–Crippen MR) is 116 cm³/mol.